The van der Waals surface area contributed by atoms with E-state index in [1.807, 2.05) is 0 Å². The first-order chi connectivity index (χ1) is 17.7. The van der Waals surface area contributed by atoms with Crippen LogP contribution in [0.5, 0.6) is 0 Å². The summed E-state index contributed by atoms with van der Waals surface area (Å²) in [6.07, 6.45) is 0. The molecule has 0 spiro atoms. The van der Waals surface area contributed by atoms with Crippen LogP contribution in [-0.4, -0.2) is 83.3 Å². The minimum absolute atomic E-state index is 0.108. The van der Waals surface area contributed by atoms with Gasteiger partial charge in [-0.2, -0.15) is 0 Å². The maximum atomic E-state index is 13.0. The van der Waals surface area contributed by atoms with Crippen molar-refractivity contribution in [2.45, 2.75) is 30.0 Å². The van der Waals surface area contributed by atoms with Gasteiger partial charge in [0.05, 0.1) is 0 Å². The fourth-order valence-electron chi connectivity index (χ4n) is 3.65. The van der Waals surface area contributed by atoms with E-state index in [-0.39, 0.29) is 45.4 Å². The highest BCUT2D eigenvalue weighted by Gasteiger charge is 2.54. The molecule has 0 aromatic carbocycles. The molecule has 0 radical (unpaired) electrons. The summed E-state index contributed by atoms with van der Waals surface area (Å²) in [4.78, 5) is 71.4. The second-order valence-electron chi connectivity index (χ2n) is 7.49. The van der Waals surface area contributed by atoms with Crippen molar-refractivity contribution >= 4 is 63.5 Å². The maximum absolute atomic E-state index is 13.0. The van der Waals surface area contributed by atoms with E-state index in [1.165, 1.54) is 28.8 Å². The molecule has 1 unspecified atom stereocenters. The number of nitrogens with one attached hydrogen (secondary N) is 2. The Morgan fingerprint density at radius 2 is 2.16 bits per heavy atom. The van der Waals surface area contributed by atoms with Crippen LogP contribution in [0.3, 0.4) is 0 Å². The lowest BCUT2D eigenvalue weighted by Gasteiger charge is -2.49. The standard InChI is InChI=1S/C19H20N8O7S3/c1-3-26-15(31)13(29)23-24-19(26)37-5-7-4-35-16-10(14(30)27(16)11(7)17(32)33)22-12(28)9(25-34-2)8-6-36-18(20)21-8/h6,10,16H,3-5H2,1-2H3,(H2,20,21)(H,22,28)(H,23,29)(H,32,33)/t10?,16-/m0/s1. The summed E-state index contributed by atoms with van der Waals surface area (Å²) < 4.78 is 1.18. The Morgan fingerprint density at radius 3 is 2.78 bits per heavy atom. The maximum Gasteiger partial charge on any atom is 0.352 e. The zero-order chi connectivity index (χ0) is 26.9. The summed E-state index contributed by atoms with van der Waals surface area (Å²) in [5.41, 5.74) is 4.24. The van der Waals surface area contributed by atoms with E-state index >= 15 is 0 Å². The number of carboxylic acids is 1. The number of aliphatic carboxylic acids is 1. The first kappa shape index (κ1) is 26.4. The zero-order valence-corrected chi connectivity index (χ0v) is 21.7. The van der Waals surface area contributed by atoms with Crippen LogP contribution in [0.2, 0.25) is 0 Å². The summed E-state index contributed by atoms with van der Waals surface area (Å²) >= 11 is 3.44. The van der Waals surface area contributed by atoms with Crippen molar-refractivity contribution in [3.8, 4) is 0 Å². The van der Waals surface area contributed by atoms with Gasteiger partial charge >= 0.3 is 17.1 Å². The molecule has 196 valence electrons. The fourth-order valence-corrected chi connectivity index (χ4v) is 6.70. The molecule has 2 aliphatic rings. The number of thioether (sulfide) groups is 2. The second-order valence-corrected chi connectivity index (χ2v) is 10.4. The molecule has 0 aliphatic carbocycles. The van der Waals surface area contributed by atoms with Gasteiger partial charge in [-0.25, -0.2) is 14.9 Å². The number of aromatic amines is 1. The van der Waals surface area contributed by atoms with Gasteiger partial charge < -0.3 is 21.0 Å². The minimum atomic E-state index is -1.30. The Morgan fingerprint density at radius 1 is 1.41 bits per heavy atom. The Hall–Kier alpha value is -3.64. The highest BCUT2D eigenvalue weighted by atomic mass is 32.2. The van der Waals surface area contributed by atoms with Crippen molar-refractivity contribution in [1.29, 1.82) is 0 Å². The Balaban J connectivity index is 1.52. The number of aromatic nitrogens is 4. The predicted octanol–water partition coefficient (Wildman–Crippen LogP) is -1.13. The van der Waals surface area contributed by atoms with Gasteiger partial charge in [0.1, 0.15) is 29.9 Å². The van der Waals surface area contributed by atoms with Crippen molar-refractivity contribution in [2.24, 2.45) is 5.16 Å². The Labute approximate surface area is 220 Å². The molecule has 37 heavy (non-hydrogen) atoms. The van der Waals surface area contributed by atoms with Crippen molar-refractivity contribution < 1.29 is 24.3 Å². The molecule has 15 nitrogen and oxygen atoms in total. The molecule has 0 saturated carbocycles. The van der Waals surface area contributed by atoms with Crippen LogP contribution in [0.25, 0.3) is 0 Å². The Kier molecular flexibility index (Phi) is 7.69. The lowest BCUT2D eigenvalue weighted by atomic mass is 10.0. The average molecular weight is 569 g/mol. The molecule has 4 rings (SSSR count). The predicted molar refractivity (Wildman–Crippen MR) is 135 cm³/mol. The third-order valence-electron chi connectivity index (χ3n) is 5.31. The highest BCUT2D eigenvalue weighted by molar-refractivity contribution is 8.01. The molecule has 1 fully saturated rings. The number of rotatable bonds is 9. The van der Waals surface area contributed by atoms with Gasteiger partial charge in [-0.1, -0.05) is 16.9 Å². The molecule has 1 saturated heterocycles. The van der Waals surface area contributed by atoms with Crippen molar-refractivity contribution in [3.05, 3.63) is 43.1 Å². The third-order valence-corrected chi connectivity index (χ3v) is 8.39. The number of carboxylic acid groups (broad SMARTS) is 1. The van der Waals surface area contributed by atoms with Crippen LogP contribution < -0.4 is 22.2 Å². The fraction of sp³-hybridized carbons (Fsp3) is 0.368. The molecule has 4 heterocycles. The topological polar surface area (TPSA) is 215 Å². The van der Waals surface area contributed by atoms with Gasteiger partial charge in [0.15, 0.2) is 16.0 Å². The molecular formula is C19H20N8O7S3. The van der Waals surface area contributed by atoms with Crippen molar-refractivity contribution in [1.82, 2.24) is 30.0 Å². The van der Waals surface area contributed by atoms with Gasteiger partial charge in [-0.3, -0.25) is 28.6 Å². The van der Waals surface area contributed by atoms with Gasteiger partial charge in [-0.05, 0) is 12.5 Å². The molecule has 2 amide bonds. The zero-order valence-electron chi connectivity index (χ0n) is 19.3. The van der Waals surface area contributed by atoms with E-state index in [4.69, 9.17) is 10.6 Å². The quantitative estimate of drug-likeness (QED) is 0.0929. The van der Waals surface area contributed by atoms with E-state index in [9.17, 15) is 29.1 Å². The normalized spacial score (nSPS) is 19.4. The number of nitrogens with two attached hydrogens (primary N) is 1. The SMILES string of the molecule is CCn1c(SCC2=C(C(=O)O)N3C(=O)C(NC(=O)C(=NOC)c4csc(N)n4)[C@@H]3SC2)n[nH]c(=O)c1=O. The van der Waals surface area contributed by atoms with Crippen LogP contribution >= 0.6 is 34.9 Å². The number of fused-ring (bicyclic) bond motifs is 1. The van der Waals surface area contributed by atoms with Crippen molar-refractivity contribution in [3.63, 3.8) is 0 Å². The lowest BCUT2D eigenvalue weighted by Crippen LogP contribution is -2.71. The number of hydrogen-bond donors (Lipinski definition) is 4. The largest absolute Gasteiger partial charge is 0.477 e. The van der Waals surface area contributed by atoms with Crippen molar-refractivity contribution in [2.75, 3.05) is 24.3 Å². The number of nitrogens with zero attached hydrogens (tertiary/aromatic N) is 5. The van der Waals surface area contributed by atoms with Gasteiger partial charge in [-0.15, -0.1) is 28.2 Å². The van der Waals surface area contributed by atoms with E-state index in [1.54, 1.807) is 6.92 Å². The number of amides is 2. The highest BCUT2D eigenvalue weighted by Crippen LogP contribution is 2.41. The van der Waals surface area contributed by atoms with Gasteiger partial charge in [0.2, 0.25) is 0 Å². The number of H-pyrrole nitrogens is 1. The number of oxime groups is 1. The van der Waals surface area contributed by atoms with Gasteiger partial charge in [0, 0.05) is 23.4 Å². The van der Waals surface area contributed by atoms with E-state index < -0.39 is 40.3 Å². The molecule has 2 aromatic rings. The summed E-state index contributed by atoms with van der Waals surface area (Å²) in [6.45, 7) is 1.88. The van der Waals surface area contributed by atoms with Crippen LogP contribution in [0.4, 0.5) is 5.13 Å². The summed E-state index contributed by atoms with van der Waals surface area (Å²) in [7, 11) is 1.25. The van der Waals surface area contributed by atoms with Crippen LogP contribution in [-0.2, 0) is 25.8 Å². The number of hydrogen-bond acceptors (Lipinski definition) is 13. The number of thiazole rings is 1. The number of nitrogen functional groups attached to an aromatic ring is 1. The van der Waals surface area contributed by atoms with Crippen LogP contribution in [0, 0.1) is 0 Å². The molecule has 2 aromatic heterocycles. The molecular weight excluding hydrogens is 548 g/mol. The Bertz CT molecular complexity index is 1450. The van der Waals surface area contributed by atoms with E-state index in [2.05, 4.69) is 25.7 Å². The van der Waals surface area contributed by atoms with E-state index in [0.29, 0.717) is 5.57 Å². The molecule has 2 atom stereocenters. The number of anilines is 1. The molecule has 18 heteroatoms. The summed E-state index contributed by atoms with van der Waals surface area (Å²) in [5.74, 6) is -2.28. The van der Waals surface area contributed by atoms with E-state index in [0.717, 1.165) is 28.0 Å². The summed E-state index contributed by atoms with van der Waals surface area (Å²) in [5, 5.41) is 23.4. The number of carbonyl (C=O) groups is 3. The van der Waals surface area contributed by atoms with Crippen LogP contribution in [0.15, 0.2) is 36.6 Å². The number of carbonyl (C=O) groups excluding carboxylic acids is 2. The smallest absolute Gasteiger partial charge is 0.352 e. The number of β-lactam (4-membered cyclic amide) rings is 1. The first-order valence-corrected chi connectivity index (χ1v) is 13.4. The van der Waals surface area contributed by atoms with Gasteiger partial charge in [0.25, 0.3) is 11.8 Å². The molecule has 5 N–H and O–H groups in total. The lowest BCUT2D eigenvalue weighted by molar-refractivity contribution is -0.150. The first-order valence-electron chi connectivity index (χ1n) is 10.5. The van der Waals surface area contributed by atoms with Crippen LogP contribution in [0.1, 0.15) is 12.6 Å². The molecule has 0 bridgehead atoms. The minimum Gasteiger partial charge on any atom is -0.477 e. The summed E-state index contributed by atoms with van der Waals surface area (Å²) in [6, 6.07) is -0.995. The molecule has 2 aliphatic heterocycles. The average Bonchev–Trinajstić information content (AvgIpc) is 3.31. The monoisotopic (exact) mass is 568 g/mol. The second kappa shape index (κ2) is 10.8. The third kappa shape index (κ3) is 4.98.